The molecule has 0 aromatic heterocycles. The van der Waals surface area contributed by atoms with Crippen LogP contribution in [0.2, 0.25) is 0 Å². The Morgan fingerprint density at radius 2 is 2.00 bits per heavy atom. The van der Waals surface area contributed by atoms with Gasteiger partial charge in [-0.2, -0.15) is 0 Å². The topological polar surface area (TPSA) is 92.5 Å². The van der Waals surface area contributed by atoms with E-state index < -0.39 is 0 Å². The number of rotatable bonds is 1. The molecule has 0 spiro atoms. The predicted octanol–water partition coefficient (Wildman–Crippen LogP) is 0.143. The molecule has 3 N–H and O–H groups in total. The molecule has 2 heterocycles. The highest BCUT2D eigenvalue weighted by Gasteiger charge is 2.41. The van der Waals surface area contributed by atoms with E-state index in [0.717, 1.165) is 0 Å². The average Bonchev–Trinajstić information content (AvgIpc) is 2.65. The van der Waals surface area contributed by atoms with Crippen LogP contribution >= 0.6 is 0 Å². The standard InChI is InChI=1S/C13H13N3O3/c14-9-3-1-2-8-11(9)13(19)16(12(8)18)7-4-5-10(17)15-6-7/h1-3,7H,4-6,14H2,(H,15,17)/t7-/m0/s1. The number of carbonyl (C=O) groups is 3. The lowest BCUT2D eigenvalue weighted by molar-refractivity contribution is -0.123. The Labute approximate surface area is 109 Å². The van der Waals surface area contributed by atoms with Gasteiger partial charge in [-0.25, -0.2) is 0 Å². The number of fused-ring (bicyclic) bond motifs is 1. The van der Waals surface area contributed by atoms with Crippen LogP contribution in [-0.4, -0.2) is 35.2 Å². The number of piperidine rings is 1. The van der Waals surface area contributed by atoms with Crippen molar-refractivity contribution < 1.29 is 14.4 Å². The molecule has 1 fully saturated rings. The first-order chi connectivity index (χ1) is 9.09. The van der Waals surface area contributed by atoms with Crippen LogP contribution in [0.4, 0.5) is 5.69 Å². The summed E-state index contributed by atoms with van der Waals surface area (Å²) in [6, 6.07) is 4.58. The molecule has 0 radical (unpaired) electrons. The number of nitrogens with two attached hydrogens (primary N) is 1. The number of anilines is 1. The Balaban J connectivity index is 1.94. The molecule has 0 bridgehead atoms. The second kappa shape index (κ2) is 4.08. The van der Waals surface area contributed by atoms with Crippen LogP contribution < -0.4 is 11.1 Å². The number of hydrogen-bond acceptors (Lipinski definition) is 4. The Morgan fingerprint density at radius 1 is 1.21 bits per heavy atom. The zero-order valence-electron chi connectivity index (χ0n) is 10.2. The van der Waals surface area contributed by atoms with Crippen molar-refractivity contribution in [2.45, 2.75) is 18.9 Å². The lowest BCUT2D eigenvalue weighted by atomic mass is 10.1. The molecule has 0 aliphatic carbocycles. The summed E-state index contributed by atoms with van der Waals surface area (Å²) in [6.07, 6.45) is 0.824. The van der Waals surface area contributed by atoms with Gasteiger partial charge in [-0.15, -0.1) is 0 Å². The summed E-state index contributed by atoms with van der Waals surface area (Å²) in [4.78, 5) is 37.0. The van der Waals surface area contributed by atoms with Crippen molar-refractivity contribution in [3.05, 3.63) is 29.3 Å². The number of nitrogens with one attached hydrogen (secondary N) is 1. The first kappa shape index (κ1) is 11.7. The van der Waals surface area contributed by atoms with Gasteiger partial charge in [0.1, 0.15) is 0 Å². The molecule has 3 amide bonds. The highest BCUT2D eigenvalue weighted by molar-refractivity contribution is 6.23. The summed E-state index contributed by atoms with van der Waals surface area (Å²) in [5, 5.41) is 2.68. The number of hydrogen-bond donors (Lipinski definition) is 2. The van der Waals surface area contributed by atoms with Crippen LogP contribution in [0.15, 0.2) is 18.2 Å². The van der Waals surface area contributed by atoms with Crippen molar-refractivity contribution in [2.75, 3.05) is 12.3 Å². The van der Waals surface area contributed by atoms with Gasteiger partial charge < -0.3 is 11.1 Å². The van der Waals surface area contributed by atoms with Gasteiger partial charge in [0.15, 0.2) is 0 Å². The van der Waals surface area contributed by atoms with E-state index in [-0.39, 0.29) is 29.3 Å². The molecule has 2 aliphatic rings. The van der Waals surface area contributed by atoms with Crippen LogP contribution in [0, 0.1) is 0 Å². The molecule has 0 unspecified atom stereocenters. The quantitative estimate of drug-likeness (QED) is 0.554. The Kier molecular flexibility index (Phi) is 2.51. The molecule has 0 saturated carbocycles. The van der Waals surface area contributed by atoms with Crippen molar-refractivity contribution in [2.24, 2.45) is 0 Å². The zero-order chi connectivity index (χ0) is 13.6. The fourth-order valence-corrected chi connectivity index (χ4v) is 2.60. The lowest BCUT2D eigenvalue weighted by Crippen LogP contribution is -2.50. The van der Waals surface area contributed by atoms with E-state index in [1.54, 1.807) is 18.2 Å². The van der Waals surface area contributed by atoms with Crippen molar-refractivity contribution in [1.82, 2.24) is 10.2 Å². The minimum absolute atomic E-state index is 0.0487. The smallest absolute Gasteiger partial charge is 0.263 e. The summed E-state index contributed by atoms with van der Waals surface area (Å²) < 4.78 is 0. The van der Waals surface area contributed by atoms with Gasteiger partial charge in [0, 0.05) is 18.7 Å². The maximum atomic E-state index is 12.3. The molecule has 1 aromatic carbocycles. The summed E-state index contributed by atoms with van der Waals surface area (Å²) in [5.41, 5.74) is 6.72. The fraction of sp³-hybridized carbons (Fsp3) is 0.308. The highest BCUT2D eigenvalue weighted by Crippen LogP contribution is 2.30. The normalized spacial score (nSPS) is 22.4. The molecule has 19 heavy (non-hydrogen) atoms. The van der Waals surface area contributed by atoms with E-state index in [1.165, 1.54) is 4.90 Å². The third kappa shape index (κ3) is 1.68. The minimum Gasteiger partial charge on any atom is -0.398 e. The van der Waals surface area contributed by atoms with Crippen molar-refractivity contribution in [3.8, 4) is 0 Å². The molecule has 1 aromatic rings. The summed E-state index contributed by atoms with van der Waals surface area (Å²) in [7, 11) is 0. The molecule has 6 heteroatoms. The number of carbonyl (C=O) groups excluding carboxylic acids is 3. The fourth-order valence-electron chi connectivity index (χ4n) is 2.60. The van der Waals surface area contributed by atoms with Gasteiger partial charge >= 0.3 is 0 Å². The molecule has 6 nitrogen and oxygen atoms in total. The summed E-state index contributed by atoms with van der Waals surface area (Å²) in [5.74, 6) is -0.736. The minimum atomic E-state index is -0.362. The van der Waals surface area contributed by atoms with Crippen LogP contribution in [0.25, 0.3) is 0 Å². The third-order valence-corrected chi connectivity index (χ3v) is 3.58. The number of amides is 3. The van der Waals surface area contributed by atoms with Gasteiger partial charge in [0.05, 0.1) is 17.2 Å². The van der Waals surface area contributed by atoms with E-state index in [0.29, 0.717) is 30.6 Å². The molecule has 98 valence electrons. The third-order valence-electron chi connectivity index (χ3n) is 3.58. The number of imide groups is 1. The molecule has 1 atom stereocenters. The molecular weight excluding hydrogens is 246 g/mol. The van der Waals surface area contributed by atoms with Gasteiger partial charge in [0.25, 0.3) is 11.8 Å². The van der Waals surface area contributed by atoms with E-state index in [2.05, 4.69) is 5.32 Å². The van der Waals surface area contributed by atoms with E-state index in [1.807, 2.05) is 0 Å². The predicted molar refractivity (Wildman–Crippen MR) is 67.4 cm³/mol. The first-order valence-corrected chi connectivity index (χ1v) is 6.12. The molecule has 2 aliphatic heterocycles. The Bertz CT molecular complexity index is 587. The lowest BCUT2D eigenvalue weighted by Gasteiger charge is -2.29. The van der Waals surface area contributed by atoms with E-state index in [4.69, 9.17) is 5.73 Å². The SMILES string of the molecule is Nc1cccc2c1C(=O)N([C@H]1CCC(=O)NC1)C2=O. The number of nitrogens with zero attached hydrogens (tertiary/aromatic N) is 1. The highest BCUT2D eigenvalue weighted by atomic mass is 16.2. The van der Waals surface area contributed by atoms with Gasteiger partial charge in [-0.1, -0.05) is 6.07 Å². The van der Waals surface area contributed by atoms with Crippen LogP contribution in [0.3, 0.4) is 0 Å². The molecule has 3 rings (SSSR count). The zero-order valence-corrected chi connectivity index (χ0v) is 10.2. The Morgan fingerprint density at radius 3 is 2.63 bits per heavy atom. The maximum absolute atomic E-state index is 12.3. The Hall–Kier alpha value is -2.37. The number of nitrogen functional groups attached to an aromatic ring is 1. The monoisotopic (exact) mass is 259 g/mol. The van der Waals surface area contributed by atoms with Crippen molar-refractivity contribution in [3.63, 3.8) is 0 Å². The first-order valence-electron chi connectivity index (χ1n) is 6.12. The van der Waals surface area contributed by atoms with Crippen LogP contribution in [-0.2, 0) is 4.79 Å². The largest absolute Gasteiger partial charge is 0.398 e. The second-order valence-corrected chi connectivity index (χ2v) is 4.75. The summed E-state index contributed by atoms with van der Waals surface area (Å²) in [6.45, 7) is 0.310. The van der Waals surface area contributed by atoms with Crippen molar-refractivity contribution >= 4 is 23.4 Å². The van der Waals surface area contributed by atoms with Crippen LogP contribution in [0.1, 0.15) is 33.6 Å². The maximum Gasteiger partial charge on any atom is 0.263 e. The van der Waals surface area contributed by atoms with Gasteiger partial charge in [-0.3, -0.25) is 19.3 Å². The van der Waals surface area contributed by atoms with Gasteiger partial charge in [0.2, 0.25) is 5.91 Å². The second-order valence-electron chi connectivity index (χ2n) is 4.75. The number of benzene rings is 1. The van der Waals surface area contributed by atoms with Crippen molar-refractivity contribution in [1.29, 1.82) is 0 Å². The van der Waals surface area contributed by atoms with E-state index in [9.17, 15) is 14.4 Å². The van der Waals surface area contributed by atoms with Crippen LogP contribution in [0.5, 0.6) is 0 Å². The molecular formula is C13H13N3O3. The average molecular weight is 259 g/mol. The molecule has 1 saturated heterocycles. The van der Waals surface area contributed by atoms with E-state index >= 15 is 0 Å². The van der Waals surface area contributed by atoms with Gasteiger partial charge in [-0.05, 0) is 18.6 Å². The summed E-state index contributed by atoms with van der Waals surface area (Å²) >= 11 is 0.